The van der Waals surface area contributed by atoms with Crippen LogP contribution in [-0.2, 0) is 9.59 Å². The SMILES string of the molecule is O=C(O)CN1CCC(=O)Nc2c(Br)cccc21. The number of benzene rings is 1. The summed E-state index contributed by atoms with van der Waals surface area (Å²) >= 11 is 3.35. The van der Waals surface area contributed by atoms with Crippen LogP contribution in [0.3, 0.4) is 0 Å². The highest BCUT2D eigenvalue weighted by Gasteiger charge is 2.22. The maximum Gasteiger partial charge on any atom is 0.323 e. The Morgan fingerprint density at radius 2 is 2.29 bits per heavy atom. The van der Waals surface area contributed by atoms with Crippen LogP contribution in [0.4, 0.5) is 11.4 Å². The number of anilines is 2. The minimum atomic E-state index is -0.912. The fourth-order valence-corrected chi connectivity index (χ4v) is 2.24. The van der Waals surface area contributed by atoms with Gasteiger partial charge in [0.2, 0.25) is 5.91 Å². The van der Waals surface area contributed by atoms with Gasteiger partial charge in [0, 0.05) is 17.4 Å². The fourth-order valence-electron chi connectivity index (χ4n) is 1.79. The molecule has 0 fully saturated rings. The molecule has 0 bridgehead atoms. The van der Waals surface area contributed by atoms with Crippen molar-refractivity contribution >= 4 is 39.2 Å². The molecule has 0 saturated carbocycles. The van der Waals surface area contributed by atoms with Gasteiger partial charge in [0.1, 0.15) is 6.54 Å². The molecule has 17 heavy (non-hydrogen) atoms. The molecule has 2 N–H and O–H groups in total. The van der Waals surface area contributed by atoms with Crippen LogP contribution in [0, 0.1) is 0 Å². The highest BCUT2D eigenvalue weighted by molar-refractivity contribution is 9.10. The van der Waals surface area contributed by atoms with Crippen LogP contribution in [0.25, 0.3) is 0 Å². The zero-order valence-electron chi connectivity index (χ0n) is 8.94. The summed E-state index contributed by atoms with van der Waals surface area (Å²) in [5.41, 5.74) is 1.36. The van der Waals surface area contributed by atoms with Gasteiger partial charge in [-0.2, -0.15) is 0 Å². The summed E-state index contributed by atoms with van der Waals surface area (Å²) in [6.07, 6.45) is 0.286. The normalized spacial score (nSPS) is 14.9. The lowest BCUT2D eigenvalue weighted by atomic mass is 10.2. The molecule has 2 rings (SSSR count). The molecule has 1 aromatic carbocycles. The average molecular weight is 299 g/mol. The van der Waals surface area contributed by atoms with Crippen LogP contribution < -0.4 is 10.2 Å². The second kappa shape index (κ2) is 4.75. The molecule has 0 aliphatic carbocycles. The number of para-hydroxylation sites is 1. The largest absolute Gasteiger partial charge is 0.480 e. The van der Waals surface area contributed by atoms with Crippen LogP contribution in [-0.4, -0.2) is 30.1 Å². The first-order valence-corrected chi connectivity index (χ1v) is 5.92. The Hall–Kier alpha value is -1.56. The number of fused-ring (bicyclic) bond motifs is 1. The first kappa shape index (κ1) is 11.9. The van der Waals surface area contributed by atoms with Crippen LogP contribution in [0.15, 0.2) is 22.7 Å². The molecule has 0 saturated heterocycles. The summed E-state index contributed by atoms with van der Waals surface area (Å²) in [6, 6.07) is 5.42. The van der Waals surface area contributed by atoms with Gasteiger partial charge in [-0.3, -0.25) is 9.59 Å². The average Bonchev–Trinajstić information content (AvgIpc) is 2.40. The highest BCUT2D eigenvalue weighted by Crippen LogP contribution is 2.35. The number of carboxylic acid groups (broad SMARTS) is 1. The molecule has 1 aromatic rings. The Bertz CT molecular complexity index is 476. The Morgan fingerprint density at radius 3 is 3.00 bits per heavy atom. The van der Waals surface area contributed by atoms with Gasteiger partial charge in [-0.05, 0) is 28.1 Å². The van der Waals surface area contributed by atoms with Crippen molar-refractivity contribution in [1.82, 2.24) is 0 Å². The molecule has 0 spiro atoms. The van der Waals surface area contributed by atoms with Crippen molar-refractivity contribution in [3.8, 4) is 0 Å². The van der Waals surface area contributed by atoms with E-state index in [4.69, 9.17) is 5.11 Å². The highest BCUT2D eigenvalue weighted by atomic mass is 79.9. The number of carbonyl (C=O) groups excluding carboxylic acids is 1. The van der Waals surface area contributed by atoms with Crippen molar-refractivity contribution < 1.29 is 14.7 Å². The van der Waals surface area contributed by atoms with Crippen LogP contribution in [0.2, 0.25) is 0 Å². The number of hydrogen-bond donors (Lipinski definition) is 2. The first-order valence-electron chi connectivity index (χ1n) is 5.13. The van der Waals surface area contributed by atoms with E-state index >= 15 is 0 Å². The van der Waals surface area contributed by atoms with Crippen molar-refractivity contribution in [2.45, 2.75) is 6.42 Å². The Morgan fingerprint density at radius 1 is 1.53 bits per heavy atom. The van der Waals surface area contributed by atoms with Gasteiger partial charge >= 0.3 is 5.97 Å². The molecule has 1 heterocycles. The van der Waals surface area contributed by atoms with E-state index in [9.17, 15) is 9.59 Å². The second-order valence-corrected chi connectivity index (χ2v) is 4.60. The summed E-state index contributed by atoms with van der Waals surface area (Å²) < 4.78 is 0.751. The van der Waals surface area contributed by atoms with Crippen molar-refractivity contribution in [3.05, 3.63) is 22.7 Å². The standard InChI is InChI=1S/C11H11BrN2O3/c12-7-2-1-3-8-11(7)13-9(15)4-5-14(8)6-10(16)17/h1-3H,4-6H2,(H,13,15)(H,16,17). The van der Waals surface area contributed by atoms with E-state index < -0.39 is 5.97 Å². The van der Waals surface area contributed by atoms with Crippen LogP contribution in [0.5, 0.6) is 0 Å². The van der Waals surface area contributed by atoms with E-state index in [2.05, 4.69) is 21.2 Å². The molecule has 0 aromatic heterocycles. The fraction of sp³-hybridized carbons (Fsp3) is 0.273. The third-order valence-electron chi connectivity index (χ3n) is 2.53. The van der Waals surface area contributed by atoms with E-state index in [0.29, 0.717) is 12.2 Å². The van der Waals surface area contributed by atoms with Crippen molar-refractivity contribution in [1.29, 1.82) is 0 Å². The summed E-state index contributed by atoms with van der Waals surface area (Å²) in [5.74, 6) is -1.02. The van der Waals surface area contributed by atoms with Crippen LogP contribution >= 0.6 is 15.9 Å². The zero-order valence-corrected chi connectivity index (χ0v) is 10.5. The number of rotatable bonds is 2. The van der Waals surface area contributed by atoms with Gasteiger partial charge in [0.15, 0.2) is 0 Å². The number of amides is 1. The lowest BCUT2D eigenvalue weighted by Crippen LogP contribution is -2.30. The summed E-state index contributed by atoms with van der Waals surface area (Å²) in [6.45, 7) is 0.292. The number of nitrogens with one attached hydrogen (secondary N) is 1. The zero-order chi connectivity index (χ0) is 12.4. The second-order valence-electron chi connectivity index (χ2n) is 3.75. The lowest BCUT2D eigenvalue weighted by molar-refractivity contribution is -0.135. The molecule has 0 radical (unpaired) electrons. The minimum absolute atomic E-state index is 0.106. The Balaban J connectivity index is 2.42. The Kier molecular flexibility index (Phi) is 3.33. The molecule has 5 nitrogen and oxygen atoms in total. The third-order valence-corrected chi connectivity index (χ3v) is 3.19. The van der Waals surface area contributed by atoms with Gasteiger partial charge < -0.3 is 15.3 Å². The third kappa shape index (κ3) is 2.58. The number of halogens is 1. The molecule has 6 heteroatoms. The monoisotopic (exact) mass is 298 g/mol. The minimum Gasteiger partial charge on any atom is -0.480 e. The molecule has 0 atom stereocenters. The van der Waals surface area contributed by atoms with E-state index in [-0.39, 0.29) is 18.9 Å². The summed E-state index contributed by atoms with van der Waals surface area (Å²) in [5, 5.41) is 11.6. The summed E-state index contributed by atoms with van der Waals surface area (Å²) in [4.78, 5) is 24.0. The van der Waals surface area contributed by atoms with Crippen molar-refractivity contribution in [2.75, 3.05) is 23.3 Å². The molecule has 1 aliphatic heterocycles. The van der Waals surface area contributed by atoms with Crippen LogP contribution in [0.1, 0.15) is 6.42 Å². The van der Waals surface area contributed by atoms with E-state index in [1.165, 1.54) is 0 Å². The molecule has 0 unspecified atom stereocenters. The Labute approximate surface area is 107 Å². The summed E-state index contributed by atoms with van der Waals surface area (Å²) in [7, 11) is 0. The quantitative estimate of drug-likeness (QED) is 0.872. The van der Waals surface area contributed by atoms with Crippen molar-refractivity contribution in [3.63, 3.8) is 0 Å². The van der Waals surface area contributed by atoms with Gasteiger partial charge in [-0.15, -0.1) is 0 Å². The number of nitrogens with zero attached hydrogens (tertiary/aromatic N) is 1. The predicted octanol–water partition coefficient (Wildman–Crippen LogP) is 1.68. The van der Waals surface area contributed by atoms with Gasteiger partial charge in [0.25, 0.3) is 0 Å². The van der Waals surface area contributed by atoms with Gasteiger partial charge in [-0.25, -0.2) is 0 Å². The smallest absolute Gasteiger partial charge is 0.323 e. The van der Waals surface area contributed by atoms with E-state index in [0.717, 1.165) is 10.2 Å². The topological polar surface area (TPSA) is 69.6 Å². The number of carbonyl (C=O) groups is 2. The van der Waals surface area contributed by atoms with Gasteiger partial charge in [0.05, 0.1) is 11.4 Å². The van der Waals surface area contributed by atoms with E-state index in [1.807, 2.05) is 12.1 Å². The molecule has 1 amide bonds. The molecule has 90 valence electrons. The molecule has 1 aliphatic rings. The predicted molar refractivity (Wildman–Crippen MR) is 67.2 cm³/mol. The molecular formula is C11H11BrN2O3. The van der Waals surface area contributed by atoms with E-state index in [1.54, 1.807) is 11.0 Å². The maximum atomic E-state index is 11.5. The number of aliphatic carboxylic acids is 1. The number of carboxylic acids is 1. The van der Waals surface area contributed by atoms with Gasteiger partial charge in [-0.1, -0.05) is 6.07 Å². The molecular weight excluding hydrogens is 288 g/mol. The number of hydrogen-bond acceptors (Lipinski definition) is 3. The first-order chi connectivity index (χ1) is 8.08. The lowest BCUT2D eigenvalue weighted by Gasteiger charge is -2.22. The maximum absolute atomic E-state index is 11.5. The van der Waals surface area contributed by atoms with Crippen molar-refractivity contribution in [2.24, 2.45) is 0 Å².